The predicted octanol–water partition coefficient (Wildman–Crippen LogP) is 2.25. The number of ether oxygens (including phenoxy) is 1. The van der Waals surface area contributed by atoms with Crippen LogP contribution in [0, 0.1) is 5.92 Å². The van der Waals surface area contributed by atoms with Crippen molar-refractivity contribution in [2.75, 3.05) is 0 Å². The predicted molar refractivity (Wildman–Crippen MR) is 140 cm³/mol. The van der Waals surface area contributed by atoms with Gasteiger partial charge in [-0.25, -0.2) is 4.79 Å². The molecule has 38 heavy (non-hydrogen) atoms. The van der Waals surface area contributed by atoms with Gasteiger partial charge in [0.2, 0.25) is 11.8 Å². The maximum atomic E-state index is 14.0. The lowest BCUT2D eigenvalue weighted by Crippen LogP contribution is -2.61. The molecule has 5 atom stereocenters. The molecule has 0 aliphatic carbocycles. The van der Waals surface area contributed by atoms with Gasteiger partial charge in [-0.05, 0) is 46.1 Å². The number of aliphatic hydroxyl groups excluding tert-OH is 1. The highest BCUT2D eigenvalue weighted by Gasteiger charge is 2.41. The van der Waals surface area contributed by atoms with E-state index in [1.165, 1.54) is 13.8 Å². The molecule has 0 radical (unpaired) electrons. The molecule has 4 N–H and O–H groups in total. The van der Waals surface area contributed by atoms with Crippen LogP contribution in [0.1, 0.15) is 66.9 Å². The van der Waals surface area contributed by atoms with E-state index >= 15 is 0 Å². The molecular formula is C27H41N3O8. The highest BCUT2D eigenvalue weighted by atomic mass is 16.6. The van der Waals surface area contributed by atoms with E-state index in [9.17, 15) is 34.2 Å². The maximum Gasteiger partial charge on any atom is 0.408 e. The van der Waals surface area contributed by atoms with Crippen LogP contribution in [0.3, 0.4) is 0 Å². The van der Waals surface area contributed by atoms with Gasteiger partial charge in [0.25, 0.3) is 5.91 Å². The number of carboxylic acids is 1. The third kappa shape index (κ3) is 10.5. The van der Waals surface area contributed by atoms with Crippen molar-refractivity contribution in [1.82, 2.24) is 15.5 Å². The number of nitrogens with zero attached hydrogens (tertiary/aromatic N) is 1. The molecule has 11 heteroatoms. The topological polar surface area (TPSA) is 162 Å². The Morgan fingerprint density at radius 3 is 2.05 bits per heavy atom. The quantitative estimate of drug-likeness (QED) is 0.317. The van der Waals surface area contributed by atoms with Crippen LogP contribution in [0.5, 0.6) is 0 Å². The van der Waals surface area contributed by atoms with Gasteiger partial charge in [-0.2, -0.15) is 0 Å². The second-order valence-corrected chi connectivity index (χ2v) is 10.4. The molecule has 0 heterocycles. The first-order chi connectivity index (χ1) is 17.6. The number of benzene rings is 1. The first-order valence-electron chi connectivity index (χ1n) is 12.7. The zero-order chi connectivity index (χ0) is 29.2. The molecule has 0 saturated carbocycles. The number of rotatable bonds is 12. The van der Waals surface area contributed by atoms with Gasteiger partial charge < -0.3 is 25.6 Å². The van der Waals surface area contributed by atoms with Gasteiger partial charge in [-0.3, -0.25) is 24.1 Å². The van der Waals surface area contributed by atoms with E-state index in [-0.39, 0.29) is 6.42 Å². The third-order valence-electron chi connectivity index (χ3n) is 5.74. The van der Waals surface area contributed by atoms with Crippen molar-refractivity contribution in [2.24, 2.45) is 5.92 Å². The molecule has 4 amide bonds. The van der Waals surface area contributed by atoms with Gasteiger partial charge in [-0.1, -0.05) is 50.6 Å². The summed E-state index contributed by atoms with van der Waals surface area (Å²) in [6.07, 6.45) is -2.15. The lowest BCUT2D eigenvalue weighted by molar-refractivity contribution is -0.155. The van der Waals surface area contributed by atoms with E-state index in [1.54, 1.807) is 65.0 Å². The summed E-state index contributed by atoms with van der Waals surface area (Å²) in [6.45, 7) is 11.1. The van der Waals surface area contributed by atoms with Crippen LogP contribution in [0.4, 0.5) is 4.79 Å². The molecule has 0 aromatic heterocycles. The molecule has 0 aliphatic rings. The van der Waals surface area contributed by atoms with Gasteiger partial charge in [0.1, 0.15) is 23.7 Å². The van der Waals surface area contributed by atoms with Crippen LogP contribution in [0.15, 0.2) is 30.3 Å². The number of carbonyl (C=O) groups is 5. The van der Waals surface area contributed by atoms with Gasteiger partial charge in [0, 0.05) is 6.42 Å². The molecule has 0 unspecified atom stereocenters. The number of carboxylic acid groups (broad SMARTS) is 1. The Kier molecular flexibility index (Phi) is 12.4. The molecule has 0 aliphatic heterocycles. The molecule has 1 aromatic rings. The highest BCUT2D eigenvalue weighted by Crippen LogP contribution is 2.19. The Morgan fingerprint density at radius 2 is 1.58 bits per heavy atom. The number of aliphatic hydroxyl groups is 1. The Hall–Kier alpha value is -3.47. The van der Waals surface area contributed by atoms with E-state index in [0.29, 0.717) is 12.0 Å². The van der Waals surface area contributed by atoms with Crippen LogP contribution in [0.2, 0.25) is 0 Å². The number of amides is 4. The van der Waals surface area contributed by atoms with E-state index in [0.717, 1.165) is 4.90 Å². The largest absolute Gasteiger partial charge is 0.480 e. The number of carbonyl (C=O) groups excluding carboxylic acids is 4. The molecule has 0 spiro atoms. The standard InChI is InChI=1S/C27H41N3O8/c1-8-16(2)22(29-26(37)38-27(5,6)7)24(34)30(21(32)14-17(3)31)20(15-19-12-10-9-11-13-19)23(33)28-18(4)25(35)36/h9-13,16-18,20,22,31H,8,14-15H2,1-7H3,(H,28,33)(H,29,37)(H,35,36)/t16-,17+,18+,20+,22+/m0/s1. The van der Waals surface area contributed by atoms with E-state index in [1.807, 2.05) is 0 Å². The number of hydrogen-bond acceptors (Lipinski definition) is 7. The highest BCUT2D eigenvalue weighted by molar-refractivity contribution is 6.03. The monoisotopic (exact) mass is 535 g/mol. The molecule has 0 saturated heterocycles. The minimum Gasteiger partial charge on any atom is -0.480 e. The average molecular weight is 536 g/mol. The Labute approximate surface area is 223 Å². The summed E-state index contributed by atoms with van der Waals surface area (Å²) in [4.78, 5) is 65.5. The van der Waals surface area contributed by atoms with Crippen LogP contribution in [-0.2, 0) is 30.3 Å². The maximum absolute atomic E-state index is 14.0. The second kappa shape index (κ2) is 14.5. The summed E-state index contributed by atoms with van der Waals surface area (Å²) in [7, 11) is 0. The average Bonchev–Trinajstić information content (AvgIpc) is 2.80. The van der Waals surface area contributed by atoms with Gasteiger partial charge in [0.15, 0.2) is 0 Å². The minimum absolute atomic E-state index is 0.115. The summed E-state index contributed by atoms with van der Waals surface area (Å²) in [5, 5.41) is 24.1. The van der Waals surface area contributed by atoms with Crippen molar-refractivity contribution in [2.45, 2.75) is 97.6 Å². The normalized spacial score (nSPS) is 15.3. The third-order valence-corrected chi connectivity index (χ3v) is 5.74. The molecular weight excluding hydrogens is 494 g/mol. The number of nitrogens with one attached hydrogen (secondary N) is 2. The second-order valence-electron chi connectivity index (χ2n) is 10.4. The van der Waals surface area contributed by atoms with Crippen LogP contribution in [0.25, 0.3) is 0 Å². The van der Waals surface area contributed by atoms with Gasteiger partial charge in [-0.15, -0.1) is 0 Å². The lowest BCUT2D eigenvalue weighted by Gasteiger charge is -2.35. The minimum atomic E-state index is -1.45. The van der Waals surface area contributed by atoms with E-state index in [4.69, 9.17) is 4.74 Å². The fraction of sp³-hybridized carbons (Fsp3) is 0.593. The van der Waals surface area contributed by atoms with Crippen molar-refractivity contribution < 1.29 is 38.9 Å². The van der Waals surface area contributed by atoms with Crippen LogP contribution < -0.4 is 10.6 Å². The first kappa shape index (κ1) is 32.6. The summed E-state index contributed by atoms with van der Waals surface area (Å²) in [5.74, 6) is -4.33. The lowest BCUT2D eigenvalue weighted by atomic mass is 9.95. The summed E-state index contributed by atoms with van der Waals surface area (Å²) in [5.41, 5.74) is -0.240. The zero-order valence-electron chi connectivity index (χ0n) is 23.2. The number of alkyl carbamates (subject to hydrolysis) is 1. The molecule has 0 fully saturated rings. The Balaban J connectivity index is 3.59. The van der Waals surface area contributed by atoms with Crippen molar-refractivity contribution in [3.8, 4) is 0 Å². The van der Waals surface area contributed by atoms with Crippen molar-refractivity contribution in [1.29, 1.82) is 0 Å². The number of aliphatic carboxylic acids is 1. The molecule has 11 nitrogen and oxygen atoms in total. The first-order valence-corrected chi connectivity index (χ1v) is 12.7. The molecule has 1 aromatic carbocycles. The summed E-state index contributed by atoms with van der Waals surface area (Å²) in [6, 6.07) is 4.62. The zero-order valence-corrected chi connectivity index (χ0v) is 23.2. The smallest absolute Gasteiger partial charge is 0.408 e. The van der Waals surface area contributed by atoms with Crippen LogP contribution in [-0.4, -0.2) is 74.7 Å². The number of hydrogen-bond donors (Lipinski definition) is 4. The van der Waals surface area contributed by atoms with Crippen molar-refractivity contribution in [3.63, 3.8) is 0 Å². The fourth-order valence-corrected chi connectivity index (χ4v) is 3.58. The Bertz CT molecular complexity index is 974. The van der Waals surface area contributed by atoms with Crippen molar-refractivity contribution >= 4 is 29.8 Å². The summed E-state index contributed by atoms with van der Waals surface area (Å²) < 4.78 is 5.31. The van der Waals surface area contributed by atoms with E-state index < -0.39 is 72.0 Å². The van der Waals surface area contributed by atoms with Crippen LogP contribution >= 0.6 is 0 Å². The van der Waals surface area contributed by atoms with Gasteiger partial charge in [0.05, 0.1) is 12.5 Å². The SMILES string of the molecule is CC[C@H](C)[C@@H](NC(=O)OC(C)(C)C)C(=O)N(C(=O)C[C@@H](C)O)[C@H](Cc1ccccc1)C(=O)N[C@H](C)C(=O)O. The van der Waals surface area contributed by atoms with E-state index in [2.05, 4.69) is 10.6 Å². The molecule has 0 bridgehead atoms. The fourth-order valence-electron chi connectivity index (χ4n) is 3.58. The molecule has 212 valence electrons. The Morgan fingerprint density at radius 1 is 1.00 bits per heavy atom. The van der Waals surface area contributed by atoms with Crippen molar-refractivity contribution in [3.05, 3.63) is 35.9 Å². The molecule has 1 rings (SSSR count). The summed E-state index contributed by atoms with van der Waals surface area (Å²) >= 11 is 0. The van der Waals surface area contributed by atoms with Gasteiger partial charge >= 0.3 is 12.1 Å². The number of imide groups is 1.